The Hall–Kier alpha value is -1.58. The molecule has 3 rings (SSSR count). The van der Waals surface area contributed by atoms with Gasteiger partial charge < -0.3 is 10.3 Å². The van der Waals surface area contributed by atoms with Crippen molar-refractivity contribution in [2.75, 3.05) is 12.4 Å². The van der Waals surface area contributed by atoms with Crippen molar-refractivity contribution in [2.24, 2.45) is 5.92 Å². The van der Waals surface area contributed by atoms with Crippen molar-refractivity contribution in [1.82, 2.24) is 15.0 Å². The van der Waals surface area contributed by atoms with Gasteiger partial charge >= 0.3 is 0 Å². The molecular formula is C13H18N4. The van der Waals surface area contributed by atoms with Crippen LogP contribution in [-0.2, 0) is 6.42 Å². The van der Waals surface area contributed by atoms with E-state index in [0.29, 0.717) is 0 Å². The summed E-state index contributed by atoms with van der Waals surface area (Å²) in [4.78, 5) is 12.4. The van der Waals surface area contributed by atoms with Crippen molar-refractivity contribution in [3.63, 3.8) is 0 Å². The summed E-state index contributed by atoms with van der Waals surface area (Å²) in [5.74, 6) is 2.78. The smallest absolute Gasteiger partial charge is 0.179 e. The predicted octanol–water partition coefficient (Wildman–Crippen LogP) is 2.73. The van der Waals surface area contributed by atoms with Crippen LogP contribution in [0.5, 0.6) is 0 Å². The fraction of sp³-hybridized carbons (Fsp3) is 0.538. The highest BCUT2D eigenvalue weighted by Crippen LogP contribution is 2.27. The Kier molecular flexibility index (Phi) is 2.71. The van der Waals surface area contributed by atoms with E-state index in [9.17, 15) is 0 Å². The number of aromatic nitrogens is 3. The number of nitrogens with zero attached hydrogens (tertiary/aromatic N) is 2. The molecule has 0 atom stereocenters. The zero-order chi connectivity index (χ0) is 11.7. The summed E-state index contributed by atoms with van der Waals surface area (Å²) in [6.45, 7) is 0. The second kappa shape index (κ2) is 4.35. The molecule has 2 heterocycles. The molecule has 1 fully saturated rings. The van der Waals surface area contributed by atoms with Crippen LogP contribution in [0.3, 0.4) is 0 Å². The zero-order valence-corrected chi connectivity index (χ0v) is 10.2. The van der Waals surface area contributed by atoms with Crippen molar-refractivity contribution in [2.45, 2.75) is 32.1 Å². The molecule has 0 unspecified atom stereocenters. The minimum atomic E-state index is 0.819. The molecule has 1 aliphatic carbocycles. The highest BCUT2D eigenvalue weighted by Gasteiger charge is 2.17. The third kappa shape index (κ3) is 2.12. The van der Waals surface area contributed by atoms with Gasteiger partial charge in [-0.25, -0.2) is 9.97 Å². The van der Waals surface area contributed by atoms with Crippen LogP contribution in [0.1, 0.15) is 31.5 Å². The van der Waals surface area contributed by atoms with Gasteiger partial charge in [-0.1, -0.05) is 25.7 Å². The largest absolute Gasteiger partial charge is 0.373 e. The van der Waals surface area contributed by atoms with Gasteiger partial charge in [0.05, 0.1) is 5.52 Å². The van der Waals surface area contributed by atoms with Gasteiger partial charge in [0.2, 0.25) is 0 Å². The number of aromatic amines is 1. The fourth-order valence-electron chi connectivity index (χ4n) is 2.67. The van der Waals surface area contributed by atoms with E-state index in [-0.39, 0.29) is 0 Å². The van der Waals surface area contributed by atoms with Crippen LogP contribution >= 0.6 is 0 Å². The maximum absolute atomic E-state index is 4.58. The highest BCUT2D eigenvalue weighted by molar-refractivity contribution is 5.72. The SMILES string of the molecule is CNc1ccc2[nH]c(CC3CCCC3)nc2n1. The Morgan fingerprint density at radius 3 is 2.88 bits per heavy atom. The molecule has 4 heteroatoms. The van der Waals surface area contributed by atoms with Crippen molar-refractivity contribution in [3.8, 4) is 0 Å². The van der Waals surface area contributed by atoms with Gasteiger partial charge in [0.1, 0.15) is 11.6 Å². The summed E-state index contributed by atoms with van der Waals surface area (Å²) < 4.78 is 0. The maximum atomic E-state index is 4.58. The first kappa shape index (κ1) is 10.6. The fourth-order valence-corrected chi connectivity index (χ4v) is 2.67. The van der Waals surface area contributed by atoms with E-state index in [1.807, 2.05) is 19.2 Å². The number of rotatable bonds is 3. The number of hydrogen-bond donors (Lipinski definition) is 2. The molecule has 2 aromatic rings. The molecule has 0 spiro atoms. The van der Waals surface area contributed by atoms with Gasteiger partial charge in [-0.2, -0.15) is 0 Å². The van der Waals surface area contributed by atoms with Gasteiger partial charge in [0, 0.05) is 13.5 Å². The summed E-state index contributed by atoms with van der Waals surface area (Å²) in [6, 6.07) is 4.01. The number of nitrogens with one attached hydrogen (secondary N) is 2. The molecule has 1 aliphatic rings. The Labute approximate surface area is 101 Å². The lowest BCUT2D eigenvalue weighted by Gasteiger charge is -2.04. The van der Waals surface area contributed by atoms with Gasteiger partial charge in [0.15, 0.2) is 5.65 Å². The quantitative estimate of drug-likeness (QED) is 0.852. The molecule has 0 radical (unpaired) electrons. The maximum Gasteiger partial charge on any atom is 0.179 e. The molecule has 1 saturated carbocycles. The number of imidazole rings is 1. The molecule has 0 aliphatic heterocycles. The summed E-state index contributed by atoms with van der Waals surface area (Å²) >= 11 is 0. The summed E-state index contributed by atoms with van der Waals surface area (Å²) in [5, 5.41) is 3.04. The van der Waals surface area contributed by atoms with Gasteiger partial charge in [-0.15, -0.1) is 0 Å². The lowest BCUT2D eigenvalue weighted by Crippen LogP contribution is -2.00. The van der Waals surface area contributed by atoms with Crippen molar-refractivity contribution >= 4 is 17.0 Å². The van der Waals surface area contributed by atoms with E-state index >= 15 is 0 Å². The average molecular weight is 230 g/mol. The number of anilines is 1. The van der Waals surface area contributed by atoms with Crippen molar-refractivity contribution in [1.29, 1.82) is 0 Å². The lowest BCUT2D eigenvalue weighted by molar-refractivity contribution is 0.534. The Morgan fingerprint density at radius 1 is 1.29 bits per heavy atom. The molecule has 0 amide bonds. The van der Waals surface area contributed by atoms with Gasteiger partial charge in [0.25, 0.3) is 0 Å². The van der Waals surface area contributed by atoms with E-state index < -0.39 is 0 Å². The van der Waals surface area contributed by atoms with Crippen molar-refractivity contribution < 1.29 is 0 Å². The summed E-state index contributed by atoms with van der Waals surface area (Å²) in [7, 11) is 1.88. The molecule has 0 saturated heterocycles. The van der Waals surface area contributed by atoms with E-state index in [0.717, 1.165) is 35.1 Å². The monoisotopic (exact) mass is 230 g/mol. The minimum Gasteiger partial charge on any atom is -0.373 e. The van der Waals surface area contributed by atoms with Crippen LogP contribution in [0, 0.1) is 5.92 Å². The Bertz CT molecular complexity index is 511. The third-order valence-electron chi connectivity index (χ3n) is 3.61. The molecule has 4 nitrogen and oxygen atoms in total. The van der Waals surface area contributed by atoms with Gasteiger partial charge in [-0.05, 0) is 18.1 Å². The zero-order valence-electron chi connectivity index (χ0n) is 10.2. The van der Waals surface area contributed by atoms with Gasteiger partial charge in [-0.3, -0.25) is 0 Å². The molecule has 17 heavy (non-hydrogen) atoms. The first-order chi connectivity index (χ1) is 8.35. The standard InChI is InChI=1S/C13H18N4/c1-14-11-7-6-10-13(16-11)17-12(15-10)8-9-4-2-3-5-9/h6-7,9H,2-5,8H2,1H3,(H2,14,15,16,17). The first-order valence-electron chi connectivity index (χ1n) is 6.38. The Morgan fingerprint density at radius 2 is 2.12 bits per heavy atom. The van der Waals surface area contributed by atoms with Crippen LogP contribution in [0.15, 0.2) is 12.1 Å². The van der Waals surface area contributed by atoms with E-state index in [2.05, 4.69) is 20.3 Å². The van der Waals surface area contributed by atoms with E-state index in [1.165, 1.54) is 25.7 Å². The topological polar surface area (TPSA) is 53.6 Å². The minimum absolute atomic E-state index is 0.819. The van der Waals surface area contributed by atoms with E-state index in [4.69, 9.17) is 0 Å². The second-order valence-corrected chi connectivity index (χ2v) is 4.86. The molecule has 2 N–H and O–H groups in total. The van der Waals surface area contributed by atoms with Crippen LogP contribution in [-0.4, -0.2) is 22.0 Å². The normalized spacial score (nSPS) is 16.8. The molecule has 0 aromatic carbocycles. The summed E-state index contributed by atoms with van der Waals surface area (Å²) in [5.41, 5.74) is 1.86. The number of fused-ring (bicyclic) bond motifs is 1. The van der Waals surface area contributed by atoms with Crippen molar-refractivity contribution in [3.05, 3.63) is 18.0 Å². The Balaban J connectivity index is 1.85. The highest BCUT2D eigenvalue weighted by atomic mass is 15.0. The third-order valence-corrected chi connectivity index (χ3v) is 3.61. The lowest BCUT2D eigenvalue weighted by atomic mass is 10.0. The molecule has 2 aromatic heterocycles. The summed E-state index contributed by atoms with van der Waals surface area (Å²) in [6.07, 6.45) is 6.55. The van der Waals surface area contributed by atoms with Crippen LogP contribution < -0.4 is 5.32 Å². The molecular weight excluding hydrogens is 212 g/mol. The number of hydrogen-bond acceptors (Lipinski definition) is 3. The van der Waals surface area contributed by atoms with Crippen LogP contribution in [0.2, 0.25) is 0 Å². The molecule has 0 bridgehead atoms. The van der Waals surface area contributed by atoms with Crippen LogP contribution in [0.25, 0.3) is 11.2 Å². The van der Waals surface area contributed by atoms with E-state index in [1.54, 1.807) is 0 Å². The molecule has 90 valence electrons. The second-order valence-electron chi connectivity index (χ2n) is 4.86. The average Bonchev–Trinajstić information content (AvgIpc) is 2.96. The number of H-pyrrole nitrogens is 1. The predicted molar refractivity (Wildman–Crippen MR) is 69.1 cm³/mol. The first-order valence-corrected chi connectivity index (χ1v) is 6.38. The number of pyridine rings is 1. The van der Waals surface area contributed by atoms with Crippen LogP contribution in [0.4, 0.5) is 5.82 Å².